The third-order valence-corrected chi connectivity index (χ3v) is 5.17. The molecule has 0 radical (unpaired) electrons. The Balaban J connectivity index is 1.46. The Morgan fingerprint density at radius 2 is 1.78 bits per heavy atom. The van der Waals surface area contributed by atoms with Crippen LogP contribution < -0.4 is 10.6 Å². The predicted octanol–water partition coefficient (Wildman–Crippen LogP) is 5.13. The first-order valence-electron chi connectivity index (χ1n) is 7.07. The van der Waals surface area contributed by atoms with Crippen LogP contribution in [0.3, 0.4) is 0 Å². The molecule has 1 aromatic carbocycles. The second kappa shape index (κ2) is 7.64. The van der Waals surface area contributed by atoms with Crippen LogP contribution >= 0.6 is 34.3 Å². The van der Waals surface area contributed by atoms with E-state index in [0.717, 1.165) is 10.4 Å². The van der Waals surface area contributed by atoms with Crippen LogP contribution in [0.5, 0.6) is 0 Å². The molecule has 0 fully saturated rings. The highest BCUT2D eigenvalue weighted by atomic mass is 35.5. The molecule has 2 N–H and O–H groups in total. The lowest BCUT2D eigenvalue weighted by atomic mass is 10.2. The maximum absolute atomic E-state index is 11.9. The molecule has 0 aliphatic carbocycles. The van der Waals surface area contributed by atoms with E-state index in [1.165, 1.54) is 11.1 Å². The quantitative estimate of drug-likeness (QED) is 0.649. The fourth-order valence-corrected chi connectivity index (χ4v) is 3.69. The number of benzene rings is 1. The number of amides is 2. The molecule has 2 aromatic heterocycles. The van der Waals surface area contributed by atoms with Crippen LogP contribution in [0.1, 0.15) is 10.4 Å². The average molecular weight is 363 g/mol. The van der Waals surface area contributed by atoms with Crippen molar-refractivity contribution >= 4 is 40.3 Å². The smallest absolute Gasteiger partial charge is 0.315 e. The molecule has 0 unspecified atom stereocenters. The zero-order valence-electron chi connectivity index (χ0n) is 12.2. The number of hydrogen-bond acceptors (Lipinski definition) is 3. The van der Waals surface area contributed by atoms with Crippen molar-refractivity contribution in [3.63, 3.8) is 0 Å². The molecule has 0 bridgehead atoms. The fraction of sp³-hybridized carbons (Fsp3) is 0.118. The van der Waals surface area contributed by atoms with Crippen molar-refractivity contribution in [1.82, 2.24) is 10.6 Å². The van der Waals surface area contributed by atoms with Gasteiger partial charge in [0.05, 0.1) is 6.54 Å². The molecule has 3 rings (SSSR count). The molecule has 0 saturated carbocycles. The molecule has 3 aromatic rings. The number of halogens is 1. The van der Waals surface area contributed by atoms with Gasteiger partial charge in [-0.05, 0) is 57.1 Å². The van der Waals surface area contributed by atoms with E-state index in [1.54, 1.807) is 22.7 Å². The fourth-order valence-electron chi connectivity index (χ4n) is 2.07. The summed E-state index contributed by atoms with van der Waals surface area (Å²) in [6, 6.07) is 11.5. The summed E-state index contributed by atoms with van der Waals surface area (Å²) in [5.41, 5.74) is 3.44. The molecule has 0 aliphatic rings. The average Bonchev–Trinajstić information content (AvgIpc) is 3.23. The van der Waals surface area contributed by atoms with Gasteiger partial charge < -0.3 is 10.6 Å². The van der Waals surface area contributed by atoms with Gasteiger partial charge in [-0.25, -0.2) is 4.79 Å². The highest BCUT2D eigenvalue weighted by molar-refractivity contribution is 7.10. The van der Waals surface area contributed by atoms with Gasteiger partial charge in [0.2, 0.25) is 0 Å². The number of nitrogens with one attached hydrogen (secondary N) is 2. The largest absolute Gasteiger partial charge is 0.334 e. The van der Waals surface area contributed by atoms with Crippen molar-refractivity contribution < 1.29 is 4.79 Å². The molecule has 0 atom stereocenters. The summed E-state index contributed by atoms with van der Waals surface area (Å²) in [5, 5.41) is 12.7. The van der Waals surface area contributed by atoms with Gasteiger partial charge in [-0.3, -0.25) is 0 Å². The molecule has 0 spiro atoms. The van der Waals surface area contributed by atoms with E-state index in [2.05, 4.69) is 38.9 Å². The van der Waals surface area contributed by atoms with Crippen molar-refractivity contribution in [2.75, 3.05) is 0 Å². The molecular formula is C17H15ClN2OS2. The minimum Gasteiger partial charge on any atom is -0.334 e. The first-order chi connectivity index (χ1) is 11.2. The number of hydrogen-bond donors (Lipinski definition) is 2. The van der Waals surface area contributed by atoms with Crippen LogP contribution in [-0.2, 0) is 13.1 Å². The van der Waals surface area contributed by atoms with Crippen molar-refractivity contribution in [3.8, 4) is 11.1 Å². The van der Waals surface area contributed by atoms with Crippen LogP contribution in [0.4, 0.5) is 4.79 Å². The van der Waals surface area contributed by atoms with Gasteiger partial charge in [0, 0.05) is 16.4 Å². The second-order valence-corrected chi connectivity index (χ2v) is 7.19. The summed E-state index contributed by atoms with van der Waals surface area (Å²) in [6.45, 7) is 1.01. The predicted molar refractivity (Wildman–Crippen MR) is 98.2 cm³/mol. The van der Waals surface area contributed by atoms with Gasteiger partial charge in [-0.1, -0.05) is 23.7 Å². The molecule has 118 valence electrons. The zero-order valence-corrected chi connectivity index (χ0v) is 14.6. The summed E-state index contributed by atoms with van der Waals surface area (Å²) in [4.78, 5) is 13.0. The third-order valence-electron chi connectivity index (χ3n) is 3.30. The normalized spacial score (nSPS) is 10.5. The van der Waals surface area contributed by atoms with Gasteiger partial charge in [0.1, 0.15) is 0 Å². The molecular weight excluding hydrogens is 348 g/mol. The zero-order chi connectivity index (χ0) is 16.1. The van der Waals surface area contributed by atoms with E-state index in [1.807, 2.05) is 24.3 Å². The topological polar surface area (TPSA) is 41.1 Å². The molecule has 3 nitrogen and oxygen atoms in total. The lowest BCUT2D eigenvalue weighted by molar-refractivity contribution is 0.240. The lowest BCUT2D eigenvalue weighted by Gasteiger charge is -2.07. The number of urea groups is 1. The first kappa shape index (κ1) is 16.1. The van der Waals surface area contributed by atoms with Gasteiger partial charge in [0.25, 0.3) is 0 Å². The van der Waals surface area contributed by atoms with E-state index in [-0.39, 0.29) is 6.03 Å². The van der Waals surface area contributed by atoms with E-state index in [9.17, 15) is 4.79 Å². The number of thiophene rings is 2. The van der Waals surface area contributed by atoms with Crippen LogP contribution in [0.15, 0.2) is 52.5 Å². The minimum atomic E-state index is -0.176. The maximum atomic E-state index is 11.9. The summed E-state index contributed by atoms with van der Waals surface area (Å²) in [6.07, 6.45) is 0. The van der Waals surface area contributed by atoms with Crippen LogP contribution in [0.2, 0.25) is 5.02 Å². The Hall–Kier alpha value is -1.82. The number of rotatable bonds is 5. The van der Waals surface area contributed by atoms with Gasteiger partial charge in [-0.15, -0.1) is 11.3 Å². The molecule has 0 saturated heterocycles. The van der Waals surface area contributed by atoms with Crippen molar-refractivity contribution in [2.45, 2.75) is 13.1 Å². The highest BCUT2D eigenvalue weighted by Crippen LogP contribution is 2.27. The van der Waals surface area contributed by atoms with Crippen molar-refractivity contribution in [2.24, 2.45) is 0 Å². The minimum absolute atomic E-state index is 0.176. The third kappa shape index (κ3) is 4.58. The Kier molecular flexibility index (Phi) is 5.33. The summed E-state index contributed by atoms with van der Waals surface area (Å²) in [5.74, 6) is 0. The van der Waals surface area contributed by atoms with Crippen LogP contribution in [-0.4, -0.2) is 6.03 Å². The van der Waals surface area contributed by atoms with Crippen LogP contribution in [0, 0.1) is 0 Å². The SMILES string of the molecule is O=C(NCc1ccc(Cl)cc1)NCc1cc(-c2ccsc2)cs1. The summed E-state index contributed by atoms with van der Waals surface area (Å²) < 4.78 is 0. The van der Waals surface area contributed by atoms with Gasteiger partial charge in [0.15, 0.2) is 0 Å². The van der Waals surface area contributed by atoms with Gasteiger partial charge in [-0.2, -0.15) is 11.3 Å². The Morgan fingerprint density at radius 1 is 1.00 bits per heavy atom. The maximum Gasteiger partial charge on any atom is 0.315 e. The molecule has 6 heteroatoms. The van der Waals surface area contributed by atoms with E-state index in [0.29, 0.717) is 18.1 Å². The van der Waals surface area contributed by atoms with E-state index >= 15 is 0 Å². The highest BCUT2D eigenvalue weighted by Gasteiger charge is 2.05. The Labute approximate surface area is 147 Å². The Morgan fingerprint density at radius 3 is 2.52 bits per heavy atom. The standard InChI is InChI=1S/C17H15ClN2OS2/c18-15-3-1-12(2-4-15)8-19-17(21)20-9-16-7-14(11-23-16)13-5-6-22-10-13/h1-7,10-11H,8-9H2,(H2,19,20,21). The van der Waals surface area contributed by atoms with Crippen LogP contribution in [0.25, 0.3) is 11.1 Å². The number of carbonyl (C=O) groups excluding carboxylic acids is 1. The van der Waals surface area contributed by atoms with Crippen molar-refractivity contribution in [1.29, 1.82) is 0 Å². The molecule has 0 aliphatic heterocycles. The molecule has 2 heterocycles. The Bertz CT molecular complexity index is 766. The summed E-state index contributed by atoms with van der Waals surface area (Å²) in [7, 11) is 0. The number of carbonyl (C=O) groups is 1. The van der Waals surface area contributed by atoms with Crippen molar-refractivity contribution in [3.05, 3.63) is 68.0 Å². The van der Waals surface area contributed by atoms with E-state index < -0.39 is 0 Å². The van der Waals surface area contributed by atoms with E-state index in [4.69, 9.17) is 11.6 Å². The first-order valence-corrected chi connectivity index (χ1v) is 9.27. The molecule has 2 amide bonds. The monoisotopic (exact) mass is 362 g/mol. The second-order valence-electron chi connectivity index (χ2n) is 4.98. The molecule has 23 heavy (non-hydrogen) atoms. The van der Waals surface area contributed by atoms with Gasteiger partial charge >= 0.3 is 6.03 Å². The lowest BCUT2D eigenvalue weighted by Crippen LogP contribution is -2.34. The summed E-state index contributed by atoms with van der Waals surface area (Å²) >= 11 is 9.17.